The molecule has 0 spiro atoms. The Bertz CT molecular complexity index is 834. The molecular formula is C24H32F3N3O2. The van der Waals surface area contributed by atoms with Crippen LogP contribution in [0.3, 0.4) is 0 Å². The molecule has 5 nitrogen and oxygen atoms in total. The maximum Gasteiger partial charge on any atom is 0.416 e. The van der Waals surface area contributed by atoms with Crippen molar-refractivity contribution >= 4 is 11.6 Å². The lowest BCUT2D eigenvalue weighted by atomic mass is 9.79. The predicted octanol–water partition coefficient (Wildman–Crippen LogP) is 3.87. The highest BCUT2D eigenvalue weighted by atomic mass is 19.4. The van der Waals surface area contributed by atoms with Gasteiger partial charge >= 0.3 is 6.18 Å². The Labute approximate surface area is 186 Å². The molecule has 0 bridgehead atoms. The molecule has 2 aliphatic heterocycles. The number of amides is 1. The first-order valence-corrected chi connectivity index (χ1v) is 12.0. The van der Waals surface area contributed by atoms with Gasteiger partial charge < -0.3 is 15.3 Å². The maximum absolute atomic E-state index is 13.2. The number of halogens is 3. The van der Waals surface area contributed by atoms with E-state index in [1.807, 2.05) is 0 Å². The second kappa shape index (κ2) is 8.52. The summed E-state index contributed by atoms with van der Waals surface area (Å²) in [7, 11) is 0. The zero-order chi connectivity index (χ0) is 22.5. The van der Waals surface area contributed by atoms with E-state index in [-0.39, 0.29) is 24.0 Å². The highest BCUT2D eigenvalue weighted by Crippen LogP contribution is 2.40. The van der Waals surface area contributed by atoms with Crippen LogP contribution in [0.2, 0.25) is 0 Å². The number of rotatable bonds is 4. The summed E-state index contributed by atoms with van der Waals surface area (Å²) in [5, 5.41) is 13.0. The topological polar surface area (TPSA) is 55.8 Å². The monoisotopic (exact) mass is 451 g/mol. The van der Waals surface area contributed by atoms with Gasteiger partial charge in [0.1, 0.15) is 0 Å². The number of hydrogen-bond donors (Lipinski definition) is 2. The first-order valence-electron chi connectivity index (χ1n) is 12.0. The second-order valence-corrected chi connectivity index (χ2v) is 10.0. The number of alkyl halides is 3. The fourth-order valence-corrected chi connectivity index (χ4v) is 6.33. The molecule has 0 aromatic heterocycles. The summed E-state index contributed by atoms with van der Waals surface area (Å²) in [5.74, 6) is 0.191. The minimum absolute atomic E-state index is 0.0315. The van der Waals surface area contributed by atoms with Crippen molar-refractivity contribution < 1.29 is 23.1 Å². The minimum Gasteiger partial charge on any atom is -0.393 e. The van der Waals surface area contributed by atoms with E-state index in [0.29, 0.717) is 36.7 Å². The molecule has 1 aromatic rings. The Hall–Kier alpha value is -1.80. The highest BCUT2D eigenvalue weighted by Gasteiger charge is 2.49. The van der Waals surface area contributed by atoms with Gasteiger partial charge in [-0.25, -0.2) is 0 Å². The van der Waals surface area contributed by atoms with E-state index in [2.05, 4.69) is 15.1 Å². The van der Waals surface area contributed by atoms with Gasteiger partial charge in [-0.3, -0.25) is 9.69 Å². The third-order valence-electron chi connectivity index (χ3n) is 8.09. The third kappa shape index (κ3) is 4.23. The van der Waals surface area contributed by atoms with Crippen LogP contribution in [0, 0.1) is 5.92 Å². The summed E-state index contributed by atoms with van der Waals surface area (Å²) >= 11 is 0. The van der Waals surface area contributed by atoms with E-state index in [9.17, 15) is 23.1 Å². The Morgan fingerprint density at radius 2 is 1.72 bits per heavy atom. The van der Waals surface area contributed by atoms with Crippen LogP contribution >= 0.6 is 0 Å². The number of benzene rings is 1. The fourth-order valence-electron chi connectivity index (χ4n) is 6.33. The number of nitrogens with zero attached hydrogens (tertiary/aromatic N) is 2. The quantitative estimate of drug-likeness (QED) is 0.730. The van der Waals surface area contributed by atoms with E-state index in [0.717, 1.165) is 63.7 Å². The molecule has 176 valence electrons. The van der Waals surface area contributed by atoms with Crippen LogP contribution in [0.15, 0.2) is 24.3 Å². The summed E-state index contributed by atoms with van der Waals surface area (Å²) in [5.41, 5.74) is -0.197. The van der Waals surface area contributed by atoms with E-state index < -0.39 is 11.7 Å². The molecule has 8 heteroatoms. The van der Waals surface area contributed by atoms with E-state index in [1.54, 1.807) is 6.07 Å². The number of hydrogen-bond acceptors (Lipinski definition) is 4. The number of aliphatic hydroxyl groups is 1. The van der Waals surface area contributed by atoms with Crippen molar-refractivity contribution in [3.8, 4) is 0 Å². The number of aliphatic hydroxyl groups excluding tert-OH is 1. The van der Waals surface area contributed by atoms with E-state index in [1.165, 1.54) is 6.07 Å². The largest absolute Gasteiger partial charge is 0.416 e. The average molecular weight is 452 g/mol. The SMILES string of the molecule is O=C(C1CC(Nc2cccc(C(F)(F)F)c2)C1)N1CCC2C1CCN2C1CCC(O)CC1. The molecule has 1 aromatic carbocycles. The first kappa shape index (κ1) is 22.0. The lowest BCUT2D eigenvalue weighted by Gasteiger charge is -2.39. The van der Waals surface area contributed by atoms with Crippen molar-refractivity contribution in [1.82, 2.24) is 9.80 Å². The molecule has 0 radical (unpaired) electrons. The van der Waals surface area contributed by atoms with E-state index in [4.69, 9.17) is 0 Å². The van der Waals surface area contributed by atoms with Crippen molar-refractivity contribution in [2.24, 2.45) is 5.92 Å². The summed E-state index contributed by atoms with van der Waals surface area (Å²) in [6, 6.07) is 6.58. The Morgan fingerprint density at radius 3 is 2.44 bits per heavy atom. The van der Waals surface area contributed by atoms with Gasteiger partial charge in [-0.05, 0) is 69.6 Å². The zero-order valence-electron chi connectivity index (χ0n) is 18.2. The summed E-state index contributed by atoms with van der Waals surface area (Å²) < 4.78 is 38.8. The number of nitrogens with one attached hydrogen (secondary N) is 1. The van der Waals surface area contributed by atoms with Crippen LogP contribution in [0.5, 0.6) is 0 Å². The van der Waals surface area contributed by atoms with Gasteiger partial charge in [-0.15, -0.1) is 0 Å². The molecule has 4 fully saturated rings. The van der Waals surface area contributed by atoms with Crippen molar-refractivity contribution in [1.29, 1.82) is 0 Å². The smallest absolute Gasteiger partial charge is 0.393 e. The van der Waals surface area contributed by atoms with Gasteiger partial charge in [0.05, 0.1) is 11.7 Å². The average Bonchev–Trinajstić information content (AvgIpc) is 3.32. The summed E-state index contributed by atoms with van der Waals surface area (Å²) in [6.07, 6.45) is 2.74. The van der Waals surface area contributed by atoms with Gasteiger partial charge in [-0.2, -0.15) is 13.2 Å². The first-order chi connectivity index (χ1) is 15.3. The standard InChI is InChI=1S/C24H32F3N3O2/c25-24(26,27)16-2-1-3-17(14-16)28-18-12-15(13-18)23(32)30-11-9-21-22(30)8-10-29(21)19-4-6-20(31)7-5-19/h1-3,14-15,18-22,28,31H,4-13H2. The molecule has 2 aliphatic carbocycles. The van der Waals surface area contributed by atoms with Crippen LogP contribution in [0.1, 0.15) is 56.9 Å². The Kier molecular flexibility index (Phi) is 5.86. The molecule has 5 rings (SSSR count). The van der Waals surface area contributed by atoms with Crippen LogP contribution < -0.4 is 5.32 Å². The van der Waals surface area contributed by atoms with Crippen molar-refractivity contribution in [3.63, 3.8) is 0 Å². The number of carbonyl (C=O) groups is 1. The molecule has 2 unspecified atom stereocenters. The fraction of sp³-hybridized carbons (Fsp3) is 0.708. The maximum atomic E-state index is 13.2. The molecule has 2 N–H and O–H groups in total. The van der Waals surface area contributed by atoms with Crippen molar-refractivity contribution in [2.75, 3.05) is 18.4 Å². The lowest BCUT2D eigenvalue weighted by Crippen LogP contribution is -2.49. The van der Waals surface area contributed by atoms with Gasteiger partial charge in [0.25, 0.3) is 0 Å². The number of fused-ring (bicyclic) bond motifs is 1. The van der Waals surface area contributed by atoms with Gasteiger partial charge in [0.2, 0.25) is 5.91 Å². The predicted molar refractivity (Wildman–Crippen MR) is 115 cm³/mol. The Morgan fingerprint density at radius 1 is 1.00 bits per heavy atom. The number of carbonyl (C=O) groups excluding carboxylic acids is 1. The van der Waals surface area contributed by atoms with Gasteiger partial charge in [0, 0.05) is 48.9 Å². The highest BCUT2D eigenvalue weighted by molar-refractivity contribution is 5.81. The van der Waals surface area contributed by atoms with Gasteiger partial charge in [0.15, 0.2) is 0 Å². The number of likely N-dealkylation sites (tertiary alicyclic amines) is 2. The molecular weight excluding hydrogens is 419 g/mol. The molecule has 4 aliphatic rings. The minimum atomic E-state index is -4.35. The molecule has 2 atom stereocenters. The Balaban J connectivity index is 1.13. The van der Waals surface area contributed by atoms with Gasteiger partial charge in [-0.1, -0.05) is 6.07 Å². The zero-order valence-corrected chi connectivity index (χ0v) is 18.2. The molecule has 32 heavy (non-hydrogen) atoms. The van der Waals surface area contributed by atoms with Crippen LogP contribution in [0.4, 0.5) is 18.9 Å². The van der Waals surface area contributed by atoms with E-state index >= 15 is 0 Å². The lowest BCUT2D eigenvalue weighted by molar-refractivity contribution is -0.139. The number of anilines is 1. The molecule has 2 saturated carbocycles. The molecule has 1 amide bonds. The molecule has 2 heterocycles. The van der Waals surface area contributed by atoms with Crippen LogP contribution in [-0.2, 0) is 11.0 Å². The second-order valence-electron chi connectivity index (χ2n) is 10.0. The summed E-state index contributed by atoms with van der Waals surface area (Å²) in [6.45, 7) is 1.84. The molecule has 2 saturated heterocycles. The summed E-state index contributed by atoms with van der Waals surface area (Å²) in [4.78, 5) is 17.9. The normalized spacial score (nSPS) is 35.4. The van der Waals surface area contributed by atoms with Crippen molar-refractivity contribution in [3.05, 3.63) is 29.8 Å². The third-order valence-corrected chi connectivity index (χ3v) is 8.09. The van der Waals surface area contributed by atoms with Crippen molar-refractivity contribution in [2.45, 2.75) is 87.8 Å². The van der Waals surface area contributed by atoms with Crippen LogP contribution in [0.25, 0.3) is 0 Å². The van der Waals surface area contributed by atoms with Crippen LogP contribution in [-0.4, -0.2) is 64.2 Å².